The standard InChI is InChI=1S/C33H55N3O4S/c1-8-9-10-11-15-21-36(31(38)28(20-22-41-7)35-32(39)40-33(4,5)6)29(27-23-24(2)18-19-25(27)3)30(37)34-26-16-13-12-14-17-26/h18-19,23,26,28-29H,8-17,20-22H2,1-7H3,(H,34,37)(H,35,39). The Hall–Kier alpha value is -2.22. The second kappa shape index (κ2) is 17.7. The number of carbonyl (C=O) groups is 3. The summed E-state index contributed by atoms with van der Waals surface area (Å²) in [6, 6.07) is 4.67. The molecule has 8 heteroatoms. The lowest BCUT2D eigenvalue weighted by Crippen LogP contribution is -2.54. The molecule has 232 valence electrons. The van der Waals surface area contributed by atoms with Crippen molar-refractivity contribution in [3.63, 3.8) is 0 Å². The fraction of sp³-hybridized carbons (Fsp3) is 0.727. The Morgan fingerprint density at radius 1 is 1.05 bits per heavy atom. The van der Waals surface area contributed by atoms with Crippen molar-refractivity contribution in [2.24, 2.45) is 0 Å². The van der Waals surface area contributed by atoms with Crippen molar-refractivity contribution in [2.75, 3.05) is 18.6 Å². The average molecular weight is 590 g/mol. The van der Waals surface area contributed by atoms with Crippen LogP contribution in [0.4, 0.5) is 4.79 Å². The van der Waals surface area contributed by atoms with Crippen LogP contribution in [0.1, 0.15) is 121 Å². The predicted molar refractivity (Wildman–Crippen MR) is 170 cm³/mol. The van der Waals surface area contributed by atoms with Crippen LogP contribution in [0, 0.1) is 13.8 Å². The first-order valence-electron chi connectivity index (χ1n) is 15.6. The van der Waals surface area contributed by atoms with Gasteiger partial charge in [0.05, 0.1) is 0 Å². The third-order valence-corrected chi connectivity index (χ3v) is 8.27. The first-order chi connectivity index (χ1) is 19.5. The van der Waals surface area contributed by atoms with Crippen LogP contribution in [0.5, 0.6) is 0 Å². The molecule has 0 aromatic heterocycles. The maximum absolute atomic E-state index is 14.4. The number of unbranched alkanes of at least 4 members (excludes halogenated alkanes) is 4. The molecular weight excluding hydrogens is 534 g/mol. The molecule has 1 aliphatic rings. The van der Waals surface area contributed by atoms with Gasteiger partial charge in [-0.15, -0.1) is 0 Å². The molecule has 0 heterocycles. The molecule has 2 rings (SSSR count). The fourth-order valence-corrected chi connectivity index (χ4v) is 5.90. The smallest absolute Gasteiger partial charge is 0.408 e. The van der Waals surface area contributed by atoms with Crippen molar-refractivity contribution in [1.29, 1.82) is 0 Å². The Kier molecular flexibility index (Phi) is 15.1. The van der Waals surface area contributed by atoms with Crippen LogP contribution >= 0.6 is 11.8 Å². The van der Waals surface area contributed by atoms with Crippen LogP contribution in [0.3, 0.4) is 0 Å². The van der Waals surface area contributed by atoms with Gasteiger partial charge in [0.15, 0.2) is 0 Å². The van der Waals surface area contributed by atoms with Crippen LogP contribution in [-0.2, 0) is 14.3 Å². The maximum atomic E-state index is 14.4. The lowest BCUT2D eigenvalue weighted by atomic mass is 9.93. The molecule has 0 saturated heterocycles. The first-order valence-corrected chi connectivity index (χ1v) is 17.0. The maximum Gasteiger partial charge on any atom is 0.408 e. The minimum absolute atomic E-state index is 0.123. The summed E-state index contributed by atoms with van der Waals surface area (Å²) in [5, 5.41) is 6.17. The Bertz CT molecular complexity index is 972. The van der Waals surface area contributed by atoms with E-state index in [1.807, 2.05) is 38.3 Å². The van der Waals surface area contributed by atoms with E-state index in [1.54, 1.807) is 37.4 Å². The van der Waals surface area contributed by atoms with Crippen molar-refractivity contribution in [1.82, 2.24) is 15.5 Å². The summed E-state index contributed by atoms with van der Waals surface area (Å²) in [5.41, 5.74) is 2.18. The zero-order valence-electron chi connectivity index (χ0n) is 26.6. The van der Waals surface area contributed by atoms with E-state index in [0.717, 1.165) is 74.5 Å². The molecule has 2 unspecified atom stereocenters. The van der Waals surface area contributed by atoms with Gasteiger partial charge in [-0.25, -0.2) is 4.79 Å². The predicted octanol–water partition coefficient (Wildman–Crippen LogP) is 7.24. The average Bonchev–Trinajstić information content (AvgIpc) is 2.91. The van der Waals surface area contributed by atoms with E-state index >= 15 is 0 Å². The molecule has 41 heavy (non-hydrogen) atoms. The molecule has 0 bridgehead atoms. The molecule has 1 aromatic carbocycles. The summed E-state index contributed by atoms with van der Waals surface area (Å²) in [4.78, 5) is 43.2. The second-order valence-electron chi connectivity index (χ2n) is 12.5. The molecular formula is C33H55N3O4S. The summed E-state index contributed by atoms with van der Waals surface area (Å²) < 4.78 is 5.52. The van der Waals surface area contributed by atoms with Crippen molar-refractivity contribution in [2.45, 2.75) is 136 Å². The summed E-state index contributed by atoms with van der Waals surface area (Å²) in [6.07, 6.45) is 12.3. The number of nitrogens with zero attached hydrogens (tertiary/aromatic N) is 1. The number of amides is 3. The number of carbonyl (C=O) groups excluding carboxylic acids is 3. The third kappa shape index (κ3) is 12.3. The lowest BCUT2D eigenvalue weighted by molar-refractivity contribution is -0.143. The number of thioether (sulfide) groups is 1. The number of nitrogens with one attached hydrogen (secondary N) is 2. The lowest BCUT2D eigenvalue weighted by Gasteiger charge is -2.36. The van der Waals surface area contributed by atoms with E-state index in [1.165, 1.54) is 6.42 Å². The second-order valence-corrected chi connectivity index (χ2v) is 13.5. The van der Waals surface area contributed by atoms with Gasteiger partial charge in [0, 0.05) is 12.6 Å². The Labute approximate surface area is 253 Å². The monoisotopic (exact) mass is 589 g/mol. The number of aryl methyl sites for hydroxylation is 2. The van der Waals surface area contributed by atoms with E-state index in [9.17, 15) is 14.4 Å². The summed E-state index contributed by atoms with van der Waals surface area (Å²) in [6.45, 7) is 12.1. The molecule has 1 fully saturated rings. The fourth-order valence-electron chi connectivity index (χ4n) is 5.43. The van der Waals surface area contributed by atoms with E-state index in [0.29, 0.717) is 18.7 Å². The van der Waals surface area contributed by atoms with Gasteiger partial charge >= 0.3 is 6.09 Å². The van der Waals surface area contributed by atoms with Gasteiger partial charge in [-0.1, -0.05) is 75.6 Å². The minimum Gasteiger partial charge on any atom is -0.444 e. The van der Waals surface area contributed by atoms with Crippen LogP contribution in [0.15, 0.2) is 18.2 Å². The van der Waals surface area contributed by atoms with Gasteiger partial charge in [0.25, 0.3) is 0 Å². The highest BCUT2D eigenvalue weighted by Crippen LogP contribution is 2.29. The first kappa shape index (κ1) is 35.0. The van der Waals surface area contributed by atoms with Gasteiger partial charge in [-0.3, -0.25) is 9.59 Å². The molecule has 0 spiro atoms. The summed E-state index contributed by atoms with van der Waals surface area (Å²) in [7, 11) is 0. The van der Waals surface area contributed by atoms with Crippen LogP contribution < -0.4 is 10.6 Å². The molecule has 7 nitrogen and oxygen atoms in total. The molecule has 1 aliphatic carbocycles. The molecule has 1 saturated carbocycles. The number of alkyl carbamates (subject to hydrolysis) is 1. The van der Waals surface area contributed by atoms with Crippen molar-refractivity contribution in [3.8, 4) is 0 Å². The number of hydrogen-bond acceptors (Lipinski definition) is 5. The quantitative estimate of drug-likeness (QED) is 0.211. The highest BCUT2D eigenvalue weighted by molar-refractivity contribution is 7.98. The molecule has 0 aliphatic heterocycles. The normalized spacial score (nSPS) is 15.6. The van der Waals surface area contributed by atoms with E-state index in [2.05, 4.69) is 17.6 Å². The zero-order chi connectivity index (χ0) is 30.4. The topological polar surface area (TPSA) is 87.7 Å². The highest BCUT2D eigenvalue weighted by atomic mass is 32.2. The zero-order valence-corrected chi connectivity index (χ0v) is 27.5. The van der Waals surface area contributed by atoms with E-state index < -0.39 is 23.8 Å². The molecule has 1 aromatic rings. The van der Waals surface area contributed by atoms with E-state index in [4.69, 9.17) is 4.74 Å². The van der Waals surface area contributed by atoms with Gasteiger partial charge < -0.3 is 20.3 Å². The molecule has 2 N–H and O–H groups in total. The third-order valence-electron chi connectivity index (χ3n) is 7.63. The SMILES string of the molecule is CCCCCCCN(C(=O)C(CCSC)NC(=O)OC(C)(C)C)C(C(=O)NC1CCCCC1)c1cc(C)ccc1C. The van der Waals surface area contributed by atoms with Crippen LogP contribution in [0.25, 0.3) is 0 Å². The molecule has 3 amide bonds. The van der Waals surface area contributed by atoms with Gasteiger partial charge in [0.1, 0.15) is 17.7 Å². The van der Waals surface area contributed by atoms with Gasteiger partial charge in [-0.05, 0) is 83.4 Å². The number of hydrogen-bond donors (Lipinski definition) is 2. The van der Waals surface area contributed by atoms with E-state index in [-0.39, 0.29) is 17.9 Å². The Balaban J connectivity index is 2.49. The van der Waals surface area contributed by atoms with Crippen molar-refractivity contribution < 1.29 is 19.1 Å². The highest BCUT2D eigenvalue weighted by Gasteiger charge is 2.37. The number of benzene rings is 1. The van der Waals surface area contributed by atoms with Gasteiger partial charge in [-0.2, -0.15) is 11.8 Å². The van der Waals surface area contributed by atoms with Crippen molar-refractivity contribution in [3.05, 3.63) is 34.9 Å². The molecule has 0 radical (unpaired) electrons. The summed E-state index contributed by atoms with van der Waals surface area (Å²) in [5.74, 6) is 0.331. The Morgan fingerprint density at radius 2 is 1.73 bits per heavy atom. The van der Waals surface area contributed by atoms with Crippen LogP contribution in [0.2, 0.25) is 0 Å². The van der Waals surface area contributed by atoms with Gasteiger partial charge in [0.2, 0.25) is 11.8 Å². The minimum atomic E-state index is -0.789. The summed E-state index contributed by atoms with van der Waals surface area (Å²) >= 11 is 1.62. The largest absolute Gasteiger partial charge is 0.444 e. The van der Waals surface area contributed by atoms with Crippen LogP contribution in [-0.4, -0.2) is 59.0 Å². The van der Waals surface area contributed by atoms with Crippen molar-refractivity contribution >= 4 is 29.7 Å². The number of ether oxygens (including phenoxy) is 1. The Morgan fingerprint density at radius 3 is 2.37 bits per heavy atom. The number of rotatable bonds is 15. The molecule has 2 atom stereocenters.